The Balaban J connectivity index is 0.00000288. The van der Waals surface area contributed by atoms with Gasteiger partial charge in [0, 0.05) is 18.0 Å². The first-order valence-corrected chi connectivity index (χ1v) is 8.16. The molecule has 1 unspecified atom stereocenters. The lowest BCUT2D eigenvalue weighted by atomic mass is 10.2. The number of nitrogens with two attached hydrogens (primary N) is 1. The first-order valence-electron chi connectivity index (χ1n) is 7.28. The van der Waals surface area contributed by atoms with Gasteiger partial charge in [-0.3, -0.25) is 14.9 Å². The molecule has 140 valence electrons. The highest BCUT2D eigenvalue weighted by molar-refractivity contribution is 7.14. The molecular weight excluding hydrogens is 387 g/mol. The summed E-state index contributed by atoms with van der Waals surface area (Å²) in [6.07, 6.45) is 2.37. The van der Waals surface area contributed by atoms with Crippen LogP contribution in [0.25, 0.3) is 0 Å². The minimum Gasteiger partial charge on any atom is -0.469 e. The van der Waals surface area contributed by atoms with Crippen molar-refractivity contribution in [3.05, 3.63) is 34.7 Å². The monoisotopic (exact) mass is 408 g/mol. The van der Waals surface area contributed by atoms with Gasteiger partial charge in [-0.2, -0.15) is 0 Å². The van der Waals surface area contributed by atoms with E-state index >= 15 is 0 Å². The summed E-state index contributed by atoms with van der Waals surface area (Å²) in [5.74, 6) is 0.158. The standard InChI is InChI=1S/C15H20N4O3S.2ClH/c1-9(16)3-5-17-13(20)7-11-8-23-15(18-11)19-14(21)12-4-6-22-10(12)2;;/h4,6,8-9H,3,5,7,16H2,1-2H3,(H,17,20)(H,18,19,21);2*1H. The molecule has 0 radical (unpaired) electrons. The number of carbonyl (C=O) groups excluding carboxylic acids is 2. The highest BCUT2D eigenvalue weighted by Gasteiger charge is 2.14. The van der Waals surface area contributed by atoms with Crippen LogP contribution in [-0.4, -0.2) is 29.4 Å². The van der Waals surface area contributed by atoms with Crippen LogP contribution in [0.3, 0.4) is 0 Å². The molecule has 10 heteroatoms. The fourth-order valence-electron chi connectivity index (χ4n) is 1.90. The van der Waals surface area contributed by atoms with Crippen LogP contribution in [0.5, 0.6) is 0 Å². The zero-order valence-electron chi connectivity index (χ0n) is 13.9. The predicted molar refractivity (Wildman–Crippen MR) is 103 cm³/mol. The number of aryl methyl sites for hydroxylation is 1. The van der Waals surface area contributed by atoms with Crippen LogP contribution in [0, 0.1) is 6.92 Å². The van der Waals surface area contributed by atoms with E-state index in [1.54, 1.807) is 18.4 Å². The average Bonchev–Trinajstić information content (AvgIpc) is 3.07. The fourth-order valence-corrected chi connectivity index (χ4v) is 2.60. The van der Waals surface area contributed by atoms with Gasteiger partial charge in [0.25, 0.3) is 5.91 Å². The van der Waals surface area contributed by atoms with Gasteiger partial charge in [0.15, 0.2) is 5.13 Å². The van der Waals surface area contributed by atoms with Crippen molar-refractivity contribution in [1.82, 2.24) is 10.3 Å². The van der Waals surface area contributed by atoms with Gasteiger partial charge < -0.3 is 15.5 Å². The molecule has 0 aliphatic rings. The summed E-state index contributed by atoms with van der Waals surface area (Å²) in [6, 6.07) is 1.66. The molecule has 1 atom stereocenters. The van der Waals surface area contributed by atoms with E-state index in [1.807, 2.05) is 6.92 Å². The van der Waals surface area contributed by atoms with E-state index in [4.69, 9.17) is 10.2 Å². The SMILES string of the molecule is Cc1occc1C(=O)Nc1nc(CC(=O)NCCC(C)N)cs1.Cl.Cl. The molecule has 7 nitrogen and oxygen atoms in total. The number of rotatable bonds is 7. The quantitative estimate of drug-likeness (QED) is 0.651. The number of thiazole rings is 1. The van der Waals surface area contributed by atoms with Gasteiger partial charge in [0.1, 0.15) is 5.76 Å². The Bertz CT molecular complexity index is 688. The molecule has 0 aliphatic heterocycles. The number of amides is 2. The van der Waals surface area contributed by atoms with Crippen molar-refractivity contribution < 1.29 is 14.0 Å². The van der Waals surface area contributed by atoms with Crippen LogP contribution >= 0.6 is 36.2 Å². The Labute approximate surface area is 162 Å². The van der Waals surface area contributed by atoms with E-state index in [0.717, 1.165) is 6.42 Å². The Morgan fingerprint density at radius 1 is 1.40 bits per heavy atom. The maximum Gasteiger partial charge on any atom is 0.260 e. The smallest absolute Gasteiger partial charge is 0.260 e. The number of nitrogens with zero attached hydrogens (tertiary/aromatic N) is 1. The molecule has 0 aliphatic carbocycles. The van der Waals surface area contributed by atoms with Gasteiger partial charge in [0.2, 0.25) is 5.91 Å². The molecule has 0 aromatic carbocycles. The highest BCUT2D eigenvalue weighted by atomic mass is 35.5. The van der Waals surface area contributed by atoms with Gasteiger partial charge in [-0.1, -0.05) is 0 Å². The maximum absolute atomic E-state index is 12.0. The number of hydrogen-bond acceptors (Lipinski definition) is 6. The number of anilines is 1. The molecule has 0 saturated carbocycles. The van der Waals surface area contributed by atoms with Gasteiger partial charge >= 0.3 is 0 Å². The third-order valence-electron chi connectivity index (χ3n) is 3.14. The van der Waals surface area contributed by atoms with E-state index in [1.165, 1.54) is 17.6 Å². The Hall–Kier alpha value is -1.61. The topological polar surface area (TPSA) is 110 Å². The number of nitrogens with one attached hydrogen (secondary N) is 2. The van der Waals surface area contributed by atoms with Crippen molar-refractivity contribution in [2.75, 3.05) is 11.9 Å². The Morgan fingerprint density at radius 2 is 2.12 bits per heavy atom. The number of hydrogen-bond donors (Lipinski definition) is 3. The van der Waals surface area contributed by atoms with Crippen molar-refractivity contribution in [1.29, 1.82) is 0 Å². The normalized spacial score (nSPS) is 11.0. The molecule has 0 spiro atoms. The van der Waals surface area contributed by atoms with Gasteiger partial charge in [-0.15, -0.1) is 36.2 Å². The summed E-state index contributed by atoms with van der Waals surface area (Å²) >= 11 is 1.28. The molecule has 2 heterocycles. The first kappa shape index (κ1) is 23.4. The summed E-state index contributed by atoms with van der Waals surface area (Å²) in [7, 11) is 0. The van der Waals surface area contributed by atoms with Crippen LogP contribution in [0.1, 0.15) is 35.2 Å². The van der Waals surface area contributed by atoms with Crippen molar-refractivity contribution in [3.8, 4) is 0 Å². The number of aromatic nitrogens is 1. The van der Waals surface area contributed by atoms with E-state index in [2.05, 4.69) is 15.6 Å². The zero-order valence-corrected chi connectivity index (χ0v) is 16.4. The minimum absolute atomic E-state index is 0. The van der Waals surface area contributed by atoms with Gasteiger partial charge in [0.05, 0.1) is 23.9 Å². The minimum atomic E-state index is -0.279. The number of furan rings is 1. The highest BCUT2D eigenvalue weighted by Crippen LogP contribution is 2.18. The molecule has 0 bridgehead atoms. The molecule has 2 aromatic rings. The lowest BCUT2D eigenvalue weighted by Crippen LogP contribution is -2.30. The van der Waals surface area contributed by atoms with Crippen LogP contribution in [-0.2, 0) is 11.2 Å². The van der Waals surface area contributed by atoms with Crippen LogP contribution in [0.15, 0.2) is 22.1 Å². The summed E-state index contributed by atoms with van der Waals surface area (Å²) < 4.78 is 5.10. The number of carbonyl (C=O) groups is 2. The lowest BCUT2D eigenvalue weighted by Gasteiger charge is -2.06. The average molecular weight is 409 g/mol. The zero-order chi connectivity index (χ0) is 16.8. The van der Waals surface area contributed by atoms with Crippen LogP contribution in [0.2, 0.25) is 0 Å². The number of halogens is 2. The van der Waals surface area contributed by atoms with Crippen LogP contribution in [0.4, 0.5) is 5.13 Å². The molecule has 2 amide bonds. The third-order valence-corrected chi connectivity index (χ3v) is 3.95. The summed E-state index contributed by atoms with van der Waals surface area (Å²) in [4.78, 5) is 28.1. The molecular formula is C15H22Cl2N4O3S. The van der Waals surface area contributed by atoms with Crippen molar-refractivity contribution >= 4 is 53.1 Å². The lowest BCUT2D eigenvalue weighted by molar-refractivity contribution is -0.120. The van der Waals surface area contributed by atoms with Gasteiger partial charge in [-0.05, 0) is 26.3 Å². The van der Waals surface area contributed by atoms with E-state index in [-0.39, 0.29) is 49.1 Å². The first-order chi connectivity index (χ1) is 11.0. The second-order valence-corrected chi connectivity index (χ2v) is 6.14. The Morgan fingerprint density at radius 3 is 2.72 bits per heavy atom. The Kier molecular flexibility index (Phi) is 10.4. The molecule has 2 aromatic heterocycles. The summed E-state index contributed by atoms with van der Waals surface area (Å²) in [5, 5.41) is 7.69. The predicted octanol–water partition coefficient (Wildman–Crippen LogP) is 2.54. The third kappa shape index (κ3) is 7.43. The molecule has 25 heavy (non-hydrogen) atoms. The second-order valence-electron chi connectivity index (χ2n) is 5.28. The summed E-state index contributed by atoms with van der Waals surface area (Å²) in [5.41, 5.74) is 6.71. The molecule has 0 saturated heterocycles. The van der Waals surface area contributed by atoms with E-state index < -0.39 is 0 Å². The molecule has 2 rings (SSSR count). The molecule has 4 N–H and O–H groups in total. The van der Waals surface area contributed by atoms with Crippen LogP contribution < -0.4 is 16.4 Å². The van der Waals surface area contributed by atoms with E-state index in [9.17, 15) is 9.59 Å². The van der Waals surface area contributed by atoms with Crippen molar-refractivity contribution in [2.24, 2.45) is 5.73 Å². The summed E-state index contributed by atoms with van der Waals surface area (Å²) in [6.45, 7) is 4.15. The second kappa shape index (κ2) is 11.1. The largest absolute Gasteiger partial charge is 0.469 e. The molecule has 0 fully saturated rings. The van der Waals surface area contributed by atoms with E-state index in [0.29, 0.717) is 28.7 Å². The van der Waals surface area contributed by atoms with Crippen molar-refractivity contribution in [2.45, 2.75) is 32.7 Å². The van der Waals surface area contributed by atoms with Gasteiger partial charge in [-0.25, -0.2) is 4.98 Å². The maximum atomic E-state index is 12.0. The fraction of sp³-hybridized carbons (Fsp3) is 0.400. The van der Waals surface area contributed by atoms with Crippen molar-refractivity contribution in [3.63, 3.8) is 0 Å².